The fourth-order valence-electron chi connectivity index (χ4n) is 2.60. The van der Waals surface area contributed by atoms with Crippen LogP contribution >= 0.6 is 23.2 Å². The van der Waals surface area contributed by atoms with Crippen molar-refractivity contribution in [2.45, 2.75) is 26.2 Å². The van der Waals surface area contributed by atoms with Crippen LogP contribution in [-0.2, 0) is 0 Å². The molecule has 2 aromatic carbocycles. The van der Waals surface area contributed by atoms with Crippen LogP contribution in [0.2, 0.25) is 10.0 Å². The van der Waals surface area contributed by atoms with Crippen molar-refractivity contribution in [1.82, 2.24) is 9.55 Å². The average molecular weight is 362 g/mol. The Hall–Kier alpha value is -2.04. The lowest BCUT2D eigenvalue weighted by atomic mass is 10.1. The summed E-state index contributed by atoms with van der Waals surface area (Å²) >= 11 is 12.3. The lowest BCUT2D eigenvalue weighted by Crippen LogP contribution is -2.25. The minimum atomic E-state index is -0.167. The summed E-state index contributed by atoms with van der Waals surface area (Å²) in [5.41, 5.74) is 7.28. The quantitative estimate of drug-likeness (QED) is 0.682. The molecule has 0 aliphatic rings. The molecule has 0 saturated carbocycles. The molecule has 1 unspecified atom stereocenters. The van der Waals surface area contributed by atoms with Gasteiger partial charge in [-0.1, -0.05) is 37.0 Å². The molecule has 1 heterocycles. The van der Waals surface area contributed by atoms with Crippen LogP contribution in [-0.4, -0.2) is 9.55 Å². The monoisotopic (exact) mass is 361 g/mol. The SMILES string of the molecule is CCC(C)c1nc2c(Cl)c(N)ccc2c(=O)n1-c1ccc(Cl)cc1. The third kappa shape index (κ3) is 2.76. The summed E-state index contributed by atoms with van der Waals surface area (Å²) < 4.78 is 1.62. The molecule has 124 valence electrons. The van der Waals surface area contributed by atoms with Gasteiger partial charge in [0.15, 0.2) is 0 Å². The standard InChI is InChI=1S/C18H17Cl2N3O/c1-3-10(2)17-22-16-13(8-9-14(21)15(16)20)18(24)23(17)12-6-4-11(19)5-7-12/h4-10H,3,21H2,1-2H3. The second kappa shape index (κ2) is 6.46. The minimum Gasteiger partial charge on any atom is -0.397 e. The van der Waals surface area contributed by atoms with E-state index in [1.54, 1.807) is 28.8 Å². The third-order valence-corrected chi connectivity index (χ3v) is 4.82. The van der Waals surface area contributed by atoms with Crippen molar-refractivity contribution in [2.24, 2.45) is 0 Å². The summed E-state index contributed by atoms with van der Waals surface area (Å²) in [6.07, 6.45) is 0.839. The summed E-state index contributed by atoms with van der Waals surface area (Å²) in [7, 11) is 0. The molecule has 24 heavy (non-hydrogen) atoms. The van der Waals surface area contributed by atoms with Crippen LogP contribution in [0.5, 0.6) is 0 Å². The van der Waals surface area contributed by atoms with Gasteiger partial charge in [-0.2, -0.15) is 0 Å². The predicted octanol–water partition coefficient (Wildman–Crippen LogP) is 4.79. The Labute approximate surface area is 149 Å². The zero-order valence-electron chi connectivity index (χ0n) is 13.4. The molecule has 0 radical (unpaired) electrons. The largest absolute Gasteiger partial charge is 0.397 e. The number of aromatic nitrogens is 2. The smallest absolute Gasteiger partial charge is 0.266 e. The lowest BCUT2D eigenvalue weighted by molar-refractivity contribution is 0.649. The molecule has 0 aliphatic carbocycles. The fourth-order valence-corrected chi connectivity index (χ4v) is 2.94. The zero-order chi connectivity index (χ0) is 17.4. The molecular formula is C18H17Cl2N3O. The molecular weight excluding hydrogens is 345 g/mol. The fraction of sp³-hybridized carbons (Fsp3) is 0.222. The normalized spacial score (nSPS) is 12.5. The number of hydrogen-bond acceptors (Lipinski definition) is 3. The van der Waals surface area contributed by atoms with E-state index >= 15 is 0 Å². The molecule has 4 nitrogen and oxygen atoms in total. The maximum absolute atomic E-state index is 13.1. The lowest BCUT2D eigenvalue weighted by Gasteiger charge is -2.18. The van der Waals surface area contributed by atoms with Crippen LogP contribution in [0.25, 0.3) is 16.6 Å². The van der Waals surface area contributed by atoms with Crippen molar-refractivity contribution in [3.63, 3.8) is 0 Å². The summed E-state index contributed by atoms with van der Waals surface area (Å²) in [5.74, 6) is 0.736. The maximum Gasteiger partial charge on any atom is 0.266 e. The van der Waals surface area contributed by atoms with Gasteiger partial charge in [0.05, 0.1) is 27.3 Å². The topological polar surface area (TPSA) is 60.9 Å². The van der Waals surface area contributed by atoms with E-state index < -0.39 is 0 Å². The molecule has 0 saturated heterocycles. The molecule has 2 N–H and O–H groups in total. The highest BCUT2D eigenvalue weighted by Gasteiger charge is 2.19. The van der Waals surface area contributed by atoms with E-state index in [4.69, 9.17) is 28.9 Å². The first-order chi connectivity index (χ1) is 11.4. The Morgan fingerprint density at radius 2 is 1.83 bits per heavy atom. The van der Waals surface area contributed by atoms with Gasteiger partial charge in [0.2, 0.25) is 0 Å². The second-order valence-corrected chi connectivity index (χ2v) is 6.58. The number of nitrogens with two attached hydrogens (primary N) is 1. The van der Waals surface area contributed by atoms with Crippen LogP contribution in [0.3, 0.4) is 0 Å². The number of anilines is 1. The molecule has 3 aromatic rings. The Kier molecular flexibility index (Phi) is 4.52. The first kappa shape index (κ1) is 16.8. The number of halogens is 2. The molecule has 3 rings (SSSR count). The van der Waals surface area contributed by atoms with Crippen molar-refractivity contribution >= 4 is 39.8 Å². The summed E-state index contributed by atoms with van der Waals surface area (Å²) in [6, 6.07) is 10.4. The molecule has 1 aromatic heterocycles. The summed E-state index contributed by atoms with van der Waals surface area (Å²) in [6.45, 7) is 4.08. The Morgan fingerprint density at radius 3 is 2.46 bits per heavy atom. The highest BCUT2D eigenvalue weighted by Crippen LogP contribution is 2.29. The number of benzene rings is 2. The van der Waals surface area contributed by atoms with E-state index in [-0.39, 0.29) is 11.5 Å². The molecule has 0 aliphatic heterocycles. The van der Waals surface area contributed by atoms with Gasteiger partial charge in [-0.05, 0) is 42.8 Å². The Bertz CT molecular complexity index is 965. The van der Waals surface area contributed by atoms with Gasteiger partial charge in [0.1, 0.15) is 5.82 Å². The molecule has 6 heteroatoms. The number of rotatable bonds is 3. The molecule has 1 atom stereocenters. The summed E-state index contributed by atoms with van der Waals surface area (Å²) in [4.78, 5) is 17.8. The van der Waals surface area contributed by atoms with Gasteiger partial charge in [-0.25, -0.2) is 4.98 Å². The van der Waals surface area contributed by atoms with Crippen molar-refractivity contribution in [2.75, 3.05) is 5.73 Å². The first-order valence-electron chi connectivity index (χ1n) is 7.70. The van der Waals surface area contributed by atoms with Crippen LogP contribution in [0.15, 0.2) is 41.2 Å². The Morgan fingerprint density at radius 1 is 1.17 bits per heavy atom. The van der Waals surface area contributed by atoms with Crippen LogP contribution in [0.1, 0.15) is 32.0 Å². The van der Waals surface area contributed by atoms with Crippen molar-refractivity contribution in [1.29, 1.82) is 0 Å². The Balaban J connectivity index is 2.42. The van der Waals surface area contributed by atoms with E-state index in [2.05, 4.69) is 4.98 Å². The van der Waals surface area contributed by atoms with Crippen LogP contribution in [0, 0.1) is 0 Å². The third-order valence-electron chi connectivity index (χ3n) is 4.17. The van der Waals surface area contributed by atoms with Crippen LogP contribution < -0.4 is 11.3 Å². The number of nitrogen functional groups attached to an aromatic ring is 1. The van der Waals surface area contributed by atoms with E-state index in [1.807, 2.05) is 26.0 Å². The van der Waals surface area contributed by atoms with Gasteiger partial charge in [0, 0.05) is 10.9 Å². The average Bonchev–Trinajstić information content (AvgIpc) is 2.58. The maximum atomic E-state index is 13.1. The van der Waals surface area contributed by atoms with Crippen molar-refractivity contribution in [3.05, 3.63) is 62.6 Å². The van der Waals surface area contributed by atoms with E-state index in [0.717, 1.165) is 12.1 Å². The van der Waals surface area contributed by atoms with Gasteiger partial charge in [-0.3, -0.25) is 9.36 Å². The van der Waals surface area contributed by atoms with Gasteiger partial charge >= 0.3 is 0 Å². The summed E-state index contributed by atoms with van der Waals surface area (Å²) in [5, 5.41) is 1.37. The molecule has 0 fully saturated rings. The van der Waals surface area contributed by atoms with E-state index in [9.17, 15) is 4.79 Å². The highest BCUT2D eigenvalue weighted by molar-refractivity contribution is 6.37. The molecule has 0 bridgehead atoms. The first-order valence-corrected chi connectivity index (χ1v) is 8.46. The number of hydrogen-bond donors (Lipinski definition) is 1. The van der Waals surface area contributed by atoms with Gasteiger partial charge in [0.25, 0.3) is 5.56 Å². The van der Waals surface area contributed by atoms with Crippen molar-refractivity contribution in [3.8, 4) is 5.69 Å². The number of fused-ring (bicyclic) bond motifs is 1. The number of nitrogens with zero attached hydrogens (tertiary/aromatic N) is 2. The second-order valence-electron chi connectivity index (χ2n) is 5.76. The van der Waals surface area contributed by atoms with Gasteiger partial charge in [-0.15, -0.1) is 0 Å². The highest BCUT2D eigenvalue weighted by atomic mass is 35.5. The van der Waals surface area contributed by atoms with Crippen molar-refractivity contribution < 1.29 is 0 Å². The van der Waals surface area contributed by atoms with E-state index in [1.165, 1.54) is 0 Å². The van der Waals surface area contributed by atoms with E-state index in [0.29, 0.717) is 32.5 Å². The molecule has 0 spiro atoms. The molecule has 0 amide bonds. The van der Waals surface area contributed by atoms with Crippen LogP contribution in [0.4, 0.5) is 5.69 Å². The zero-order valence-corrected chi connectivity index (χ0v) is 14.9. The minimum absolute atomic E-state index is 0.0790. The van der Waals surface area contributed by atoms with Gasteiger partial charge < -0.3 is 5.73 Å². The predicted molar refractivity (Wildman–Crippen MR) is 100 cm³/mol.